The van der Waals surface area contributed by atoms with E-state index in [1.165, 1.54) is 4.90 Å². The molecule has 2 atom stereocenters. The summed E-state index contributed by atoms with van der Waals surface area (Å²) in [5.41, 5.74) is -2.84. The Morgan fingerprint density at radius 2 is 2.33 bits per heavy atom. The number of halogens is 1. The molecule has 2 aliphatic heterocycles. The molecule has 2 aliphatic rings. The number of alkyl halides is 1. The number of hydrogen-bond donors (Lipinski definition) is 2. The number of carbonyl (C=O) groups excluding carboxylic acids is 1. The lowest BCUT2D eigenvalue weighted by Gasteiger charge is -2.29. The van der Waals surface area contributed by atoms with Crippen LogP contribution >= 0.6 is 0 Å². The maximum Gasteiger partial charge on any atom is 0.310 e. The quantitative estimate of drug-likeness (QED) is 0.761. The minimum atomic E-state index is -1.79. The van der Waals surface area contributed by atoms with E-state index in [0.717, 1.165) is 0 Å². The Morgan fingerprint density at radius 1 is 1.67 bits per heavy atom. The Labute approximate surface area is 105 Å². The molecule has 0 aromatic carbocycles. The first-order chi connectivity index (χ1) is 8.27. The lowest BCUT2D eigenvalue weighted by Crippen LogP contribution is -2.49. The van der Waals surface area contributed by atoms with Gasteiger partial charge in [0, 0.05) is 32.0 Å². The van der Waals surface area contributed by atoms with Crippen molar-refractivity contribution in [3.05, 3.63) is 0 Å². The molecule has 1 amide bonds. The minimum absolute atomic E-state index is 0.0589. The highest BCUT2D eigenvalue weighted by Crippen LogP contribution is 2.38. The Balaban J connectivity index is 2.13. The third-order valence-corrected chi connectivity index (χ3v) is 3.95. The molecular weight excluding hydrogens is 239 g/mol. The Hall–Kier alpha value is -1.17. The summed E-state index contributed by atoms with van der Waals surface area (Å²) in [4.78, 5) is 24.5. The first-order valence-electron chi connectivity index (χ1n) is 6.20. The van der Waals surface area contributed by atoms with Crippen LogP contribution in [-0.4, -0.2) is 53.7 Å². The standard InChI is InChI=1S/C12H19FN2O3/c1-11(2,10(17)18)7-15-6-8-5-14-4-3-12(8,13)9(15)16/h8,14H,3-7H2,1-2H3,(H,17,18)/t8-,12+/m0/s1. The largest absolute Gasteiger partial charge is 0.481 e. The summed E-state index contributed by atoms with van der Waals surface area (Å²) >= 11 is 0. The molecule has 0 unspecified atom stereocenters. The van der Waals surface area contributed by atoms with E-state index in [4.69, 9.17) is 5.11 Å². The molecule has 0 aromatic heterocycles. The number of aliphatic carboxylic acids is 1. The van der Waals surface area contributed by atoms with Crippen molar-refractivity contribution in [2.75, 3.05) is 26.2 Å². The molecule has 0 bridgehead atoms. The molecule has 2 saturated heterocycles. The highest BCUT2D eigenvalue weighted by atomic mass is 19.1. The Kier molecular flexibility index (Phi) is 3.09. The van der Waals surface area contributed by atoms with Gasteiger partial charge in [-0.05, 0) is 20.4 Å². The Bertz CT molecular complexity index is 386. The predicted octanol–water partition coefficient (Wildman–Crippen LogP) is 0.257. The van der Waals surface area contributed by atoms with Crippen molar-refractivity contribution < 1.29 is 19.1 Å². The van der Waals surface area contributed by atoms with Crippen molar-refractivity contribution in [3.8, 4) is 0 Å². The Morgan fingerprint density at radius 3 is 2.89 bits per heavy atom. The zero-order valence-electron chi connectivity index (χ0n) is 10.7. The van der Waals surface area contributed by atoms with Gasteiger partial charge in [-0.1, -0.05) is 0 Å². The van der Waals surface area contributed by atoms with Crippen LogP contribution in [0.4, 0.5) is 4.39 Å². The average Bonchev–Trinajstić information content (AvgIpc) is 2.52. The van der Waals surface area contributed by atoms with Gasteiger partial charge in [0.05, 0.1) is 5.41 Å². The summed E-state index contributed by atoms with van der Waals surface area (Å²) in [6.45, 7) is 4.44. The van der Waals surface area contributed by atoms with E-state index >= 15 is 0 Å². The fourth-order valence-electron chi connectivity index (χ4n) is 2.70. The van der Waals surface area contributed by atoms with Gasteiger partial charge in [0.15, 0.2) is 5.67 Å². The summed E-state index contributed by atoms with van der Waals surface area (Å²) in [5, 5.41) is 12.1. The zero-order chi connectivity index (χ0) is 13.6. The van der Waals surface area contributed by atoms with Crippen molar-refractivity contribution in [3.63, 3.8) is 0 Å². The van der Waals surface area contributed by atoms with Crippen LogP contribution in [0.2, 0.25) is 0 Å². The number of rotatable bonds is 3. The number of hydrogen-bond acceptors (Lipinski definition) is 3. The van der Waals surface area contributed by atoms with E-state index < -0.39 is 23.0 Å². The predicted molar refractivity (Wildman–Crippen MR) is 62.8 cm³/mol. The summed E-state index contributed by atoms with van der Waals surface area (Å²) in [6.07, 6.45) is 0.181. The number of amides is 1. The second kappa shape index (κ2) is 4.19. The van der Waals surface area contributed by atoms with Crippen LogP contribution in [0.3, 0.4) is 0 Å². The highest BCUT2D eigenvalue weighted by Gasteiger charge is 2.56. The van der Waals surface area contributed by atoms with Gasteiger partial charge in [-0.3, -0.25) is 9.59 Å². The molecule has 2 heterocycles. The van der Waals surface area contributed by atoms with Gasteiger partial charge in [-0.25, -0.2) is 4.39 Å². The molecule has 2 rings (SSSR count). The molecule has 2 fully saturated rings. The molecule has 0 radical (unpaired) electrons. The van der Waals surface area contributed by atoms with E-state index in [9.17, 15) is 14.0 Å². The normalized spacial score (nSPS) is 32.5. The van der Waals surface area contributed by atoms with Crippen molar-refractivity contribution in [2.24, 2.45) is 11.3 Å². The second-order valence-corrected chi connectivity index (χ2v) is 5.89. The second-order valence-electron chi connectivity index (χ2n) is 5.89. The fourth-order valence-corrected chi connectivity index (χ4v) is 2.70. The maximum atomic E-state index is 14.6. The third kappa shape index (κ3) is 1.98. The average molecular weight is 258 g/mol. The lowest BCUT2D eigenvalue weighted by molar-refractivity contribution is -0.150. The van der Waals surface area contributed by atoms with Crippen LogP contribution in [0.25, 0.3) is 0 Å². The van der Waals surface area contributed by atoms with Gasteiger partial charge in [-0.2, -0.15) is 0 Å². The van der Waals surface area contributed by atoms with Crippen LogP contribution < -0.4 is 5.32 Å². The van der Waals surface area contributed by atoms with Crippen LogP contribution in [-0.2, 0) is 9.59 Å². The van der Waals surface area contributed by atoms with Crippen molar-refractivity contribution in [1.82, 2.24) is 10.2 Å². The van der Waals surface area contributed by atoms with Gasteiger partial charge >= 0.3 is 5.97 Å². The van der Waals surface area contributed by atoms with E-state index in [0.29, 0.717) is 19.6 Å². The third-order valence-electron chi connectivity index (χ3n) is 3.95. The van der Waals surface area contributed by atoms with Crippen LogP contribution in [0.15, 0.2) is 0 Å². The van der Waals surface area contributed by atoms with Gasteiger partial charge in [0.1, 0.15) is 0 Å². The van der Waals surface area contributed by atoms with Crippen LogP contribution in [0.5, 0.6) is 0 Å². The number of nitrogens with one attached hydrogen (secondary N) is 1. The van der Waals surface area contributed by atoms with Crippen LogP contribution in [0, 0.1) is 11.3 Å². The van der Waals surface area contributed by atoms with E-state index in [-0.39, 0.29) is 18.9 Å². The smallest absolute Gasteiger partial charge is 0.310 e. The first-order valence-corrected chi connectivity index (χ1v) is 6.20. The first kappa shape index (κ1) is 13.3. The molecule has 0 spiro atoms. The molecule has 0 aromatic rings. The number of carbonyl (C=O) groups is 2. The summed E-state index contributed by atoms with van der Waals surface area (Å²) in [7, 11) is 0. The molecule has 0 saturated carbocycles. The van der Waals surface area contributed by atoms with Gasteiger partial charge < -0.3 is 15.3 Å². The molecule has 2 N–H and O–H groups in total. The minimum Gasteiger partial charge on any atom is -0.481 e. The summed E-state index contributed by atoms with van der Waals surface area (Å²) < 4.78 is 14.6. The van der Waals surface area contributed by atoms with Gasteiger partial charge in [0.2, 0.25) is 0 Å². The summed E-state index contributed by atoms with van der Waals surface area (Å²) in [5.74, 6) is -1.87. The zero-order valence-corrected chi connectivity index (χ0v) is 10.7. The number of carboxylic acid groups (broad SMARTS) is 1. The fraction of sp³-hybridized carbons (Fsp3) is 0.833. The molecular formula is C12H19FN2O3. The van der Waals surface area contributed by atoms with Crippen molar-refractivity contribution in [1.29, 1.82) is 0 Å². The number of piperidine rings is 1. The van der Waals surface area contributed by atoms with Crippen molar-refractivity contribution in [2.45, 2.75) is 25.9 Å². The molecule has 18 heavy (non-hydrogen) atoms. The van der Waals surface area contributed by atoms with Crippen LogP contribution in [0.1, 0.15) is 20.3 Å². The molecule has 6 heteroatoms. The SMILES string of the molecule is CC(C)(CN1C[C@@H]2CNCC[C@]2(F)C1=O)C(=O)O. The number of likely N-dealkylation sites (tertiary alicyclic amines) is 1. The van der Waals surface area contributed by atoms with Gasteiger partial charge in [-0.15, -0.1) is 0 Å². The van der Waals surface area contributed by atoms with E-state index in [2.05, 4.69) is 5.32 Å². The van der Waals surface area contributed by atoms with E-state index in [1.54, 1.807) is 13.8 Å². The summed E-state index contributed by atoms with van der Waals surface area (Å²) in [6, 6.07) is 0. The van der Waals surface area contributed by atoms with Crippen molar-refractivity contribution >= 4 is 11.9 Å². The monoisotopic (exact) mass is 258 g/mol. The molecule has 5 nitrogen and oxygen atoms in total. The number of nitrogens with zero attached hydrogens (tertiary/aromatic N) is 1. The van der Waals surface area contributed by atoms with Gasteiger partial charge in [0.25, 0.3) is 5.91 Å². The van der Waals surface area contributed by atoms with E-state index in [1.807, 2.05) is 0 Å². The maximum absolute atomic E-state index is 14.6. The number of fused-ring (bicyclic) bond motifs is 1. The number of carboxylic acids is 1. The topological polar surface area (TPSA) is 69.6 Å². The molecule has 0 aliphatic carbocycles. The lowest BCUT2D eigenvalue weighted by atomic mass is 9.86. The highest BCUT2D eigenvalue weighted by molar-refractivity contribution is 5.88. The molecule has 102 valence electrons.